The molecule has 28 heavy (non-hydrogen) atoms. The Hall–Kier alpha value is 0.217. The second-order valence-electron chi connectivity index (χ2n) is 9.60. The molecule has 0 amide bonds. The van der Waals surface area contributed by atoms with Crippen molar-refractivity contribution in [2.75, 3.05) is 0 Å². The van der Waals surface area contributed by atoms with E-state index in [1.54, 1.807) is 12.8 Å². The lowest BCUT2D eigenvalue weighted by atomic mass is 10.0. The van der Waals surface area contributed by atoms with E-state index < -0.39 is 0 Å². The van der Waals surface area contributed by atoms with Crippen molar-refractivity contribution in [3.05, 3.63) is 0 Å². The van der Waals surface area contributed by atoms with Crippen LogP contribution in [0.25, 0.3) is 0 Å². The van der Waals surface area contributed by atoms with Crippen molar-refractivity contribution in [1.82, 2.24) is 0 Å². The van der Waals surface area contributed by atoms with Crippen LogP contribution in [0, 0.1) is 0 Å². The van der Waals surface area contributed by atoms with Gasteiger partial charge in [0.1, 0.15) is 0 Å². The van der Waals surface area contributed by atoms with E-state index in [4.69, 9.17) is 0 Å². The van der Waals surface area contributed by atoms with Gasteiger partial charge in [0.25, 0.3) is 0 Å². The predicted molar refractivity (Wildman–Crippen MR) is 136 cm³/mol. The first kappa shape index (κ1) is 28.2. The Morgan fingerprint density at radius 2 is 0.679 bits per heavy atom. The van der Waals surface area contributed by atoms with Crippen molar-refractivity contribution < 1.29 is 0 Å². The smallest absolute Gasteiger partial charge is 0.0229 e. The molecule has 0 aromatic carbocycles. The highest BCUT2D eigenvalue weighted by molar-refractivity contribution is 6.37. The zero-order chi connectivity index (χ0) is 20.5. The van der Waals surface area contributed by atoms with Crippen LogP contribution in [0.1, 0.15) is 162 Å². The quantitative estimate of drug-likeness (QED) is 0.110. The standard InChI is InChI=1S/C27H58Si/c1-4-7-9-11-13-15-17-19-21-23-25-27(28-6-3)26-24-22-20-18-16-14-12-10-8-5-2/h27H,4-26,28H2,1-3H3. The van der Waals surface area contributed by atoms with Crippen molar-refractivity contribution >= 4 is 9.52 Å². The van der Waals surface area contributed by atoms with Gasteiger partial charge in [-0.3, -0.25) is 0 Å². The third-order valence-corrected chi connectivity index (χ3v) is 8.84. The van der Waals surface area contributed by atoms with Crippen molar-refractivity contribution in [3.8, 4) is 0 Å². The lowest BCUT2D eigenvalue weighted by molar-refractivity contribution is 0.517. The molecule has 0 saturated heterocycles. The van der Waals surface area contributed by atoms with E-state index >= 15 is 0 Å². The van der Waals surface area contributed by atoms with E-state index in [0.717, 1.165) is 0 Å². The van der Waals surface area contributed by atoms with Crippen molar-refractivity contribution in [1.29, 1.82) is 0 Å². The molecule has 170 valence electrons. The summed E-state index contributed by atoms with van der Waals surface area (Å²) in [6, 6.07) is 1.53. The Morgan fingerprint density at radius 1 is 0.393 bits per heavy atom. The zero-order valence-electron chi connectivity index (χ0n) is 20.5. The fourth-order valence-corrected chi connectivity index (χ4v) is 6.65. The average Bonchev–Trinajstić information content (AvgIpc) is 2.70. The zero-order valence-corrected chi connectivity index (χ0v) is 22.0. The summed E-state index contributed by atoms with van der Waals surface area (Å²) >= 11 is 0. The summed E-state index contributed by atoms with van der Waals surface area (Å²) in [5, 5.41) is 0. The number of unbranched alkanes of at least 4 members (excludes halogenated alkanes) is 18. The van der Waals surface area contributed by atoms with Crippen molar-refractivity contribution in [2.45, 2.75) is 174 Å². The molecule has 0 aliphatic rings. The lowest BCUT2D eigenvalue weighted by Gasteiger charge is -2.15. The third kappa shape index (κ3) is 22.5. The summed E-state index contributed by atoms with van der Waals surface area (Å²) in [6.07, 6.45) is 32.8. The van der Waals surface area contributed by atoms with Gasteiger partial charge < -0.3 is 0 Å². The van der Waals surface area contributed by atoms with Crippen LogP contribution >= 0.6 is 0 Å². The van der Waals surface area contributed by atoms with Crippen LogP contribution in [0.4, 0.5) is 0 Å². The maximum absolute atomic E-state index is 2.44. The third-order valence-electron chi connectivity index (χ3n) is 6.63. The Morgan fingerprint density at radius 3 is 0.964 bits per heavy atom. The van der Waals surface area contributed by atoms with Crippen LogP contribution in [0.2, 0.25) is 11.6 Å². The molecule has 1 heteroatoms. The van der Waals surface area contributed by atoms with Gasteiger partial charge in [-0.2, -0.15) is 0 Å². The molecule has 0 spiro atoms. The normalized spacial score (nSPS) is 12.0. The molecule has 0 bridgehead atoms. The van der Waals surface area contributed by atoms with E-state index in [2.05, 4.69) is 20.8 Å². The van der Waals surface area contributed by atoms with Gasteiger partial charge >= 0.3 is 0 Å². The molecular formula is C27H58Si. The summed E-state index contributed by atoms with van der Waals surface area (Å²) in [5.41, 5.74) is 1.17. The molecule has 0 aromatic heterocycles. The van der Waals surface area contributed by atoms with Crippen molar-refractivity contribution in [3.63, 3.8) is 0 Å². The minimum atomic E-state index is 0.224. The molecule has 0 radical (unpaired) electrons. The van der Waals surface area contributed by atoms with E-state index in [-0.39, 0.29) is 9.52 Å². The number of hydrogen-bond acceptors (Lipinski definition) is 0. The van der Waals surface area contributed by atoms with Gasteiger partial charge in [0.2, 0.25) is 0 Å². The maximum atomic E-state index is 2.44. The van der Waals surface area contributed by atoms with E-state index in [1.807, 2.05) is 0 Å². The monoisotopic (exact) mass is 410 g/mol. The molecule has 0 aliphatic carbocycles. The second-order valence-corrected chi connectivity index (χ2v) is 12.3. The highest BCUT2D eigenvalue weighted by atomic mass is 28.2. The SMILES string of the molecule is CCCCCCCCCCCCC(CCCCCCCCCCCC)[SiH2]CC. The van der Waals surface area contributed by atoms with Crippen LogP contribution in [0.5, 0.6) is 0 Å². The first-order chi connectivity index (χ1) is 13.8. The molecule has 0 atom stereocenters. The molecular weight excluding hydrogens is 352 g/mol. The lowest BCUT2D eigenvalue weighted by Crippen LogP contribution is -2.03. The van der Waals surface area contributed by atoms with Gasteiger partial charge in [-0.15, -0.1) is 0 Å². The van der Waals surface area contributed by atoms with Crippen LogP contribution in [-0.4, -0.2) is 9.52 Å². The minimum absolute atomic E-state index is 0.224. The molecule has 0 N–H and O–H groups in total. The van der Waals surface area contributed by atoms with Gasteiger partial charge in [0, 0.05) is 9.52 Å². The fraction of sp³-hybridized carbons (Fsp3) is 1.00. The van der Waals surface area contributed by atoms with Gasteiger partial charge in [-0.1, -0.05) is 174 Å². The first-order valence-electron chi connectivity index (χ1n) is 13.8. The van der Waals surface area contributed by atoms with Crippen LogP contribution in [0.3, 0.4) is 0 Å². The molecule has 0 aliphatic heterocycles. The first-order valence-corrected chi connectivity index (χ1v) is 15.7. The van der Waals surface area contributed by atoms with E-state index in [1.165, 1.54) is 140 Å². The summed E-state index contributed by atoms with van der Waals surface area (Å²) in [6.45, 7) is 7.06. The summed E-state index contributed by atoms with van der Waals surface area (Å²) in [7, 11) is 0.224. The highest BCUT2D eigenvalue weighted by Gasteiger charge is 2.08. The fourth-order valence-electron chi connectivity index (χ4n) is 4.68. The molecule has 0 rings (SSSR count). The van der Waals surface area contributed by atoms with Gasteiger partial charge in [-0.05, 0) is 0 Å². The van der Waals surface area contributed by atoms with Gasteiger partial charge in [0.15, 0.2) is 0 Å². The summed E-state index contributed by atoms with van der Waals surface area (Å²) in [5.74, 6) is 0. The van der Waals surface area contributed by atoms with Crippen LogP contribution < -0.4 is 0 Å². The molecule has 0 aromatic rings. The maximum Gasteiger partial charge on any atom is 0.0229 e. The Balaban J connectivity index is 3.41. The van der Waals surface area contributed by atoms with E-state index in [9.17, 15) is 0 Å². The second kappa shape index (κ2) is 25.3. The van der Waals surface area contributed by atoms with Gasteiger partial charge in [-0.25, -0.2) is 0 Å². The summed E-state index contributed by atoms with van der Waals surface area (Å²) in [4.78, 5) is 0. The largest absolute Gasteiger partial charge is 0.0683 e. The summed E-state index contributed by atoms with van der Waals surface area (Å²) < 4.78 is 0. The Bertz CT molecular complexity index is 239. The Labute approximate surface area is 183 Å². The highest BCUT2D eigenvalue weighted by Crippen LogP contribution is 2.24. The van der Waals surface area contributed by atoms with Crippen LogP contribution in [0.15, 0.2) is 0 Å². The van der Waals surface area contributed by atoms with Crippen molar-refractivity contribution in [2.24, 2.45) is 0 Å². The molecule has 0 nitrogen and oxygen atoms in total. The van der Waals surface area contributed by atoms with E-state index in [0.29, 0.717) is 0 Å². The minimum Gasteiger partial charge on any atom is -0.0683 e. The number of rotatable bonds is 24. The molecule has 0 heterocycles. The number of hydrogen-bond donors (Lipinski definition) is 0. The molecule has 0 fully saturated rings. The van der Waals surface area contributed by atoms with Crippen LogP contribution in [-0.2, 0) is 0 Å². The molecule has 0 unspecified atom stereocenters. The predicted octanol–water partition coefficient (Wildman–Crippen LogP) is 10.0. The molecule has 0 saturated carbocycles. The topological polar surface area (TPSA) is 0 Å². The van der Waals surface area contributed by atoms with Gasteiger partial charge in [0.05, 0.1) is 0 Å². The average molecular weight is 411 g/mol. The Kier molecular flexibility index (Phi) is 25.4.